The molecule has 6 heteroatoms. The van der Waals surface area contributed by atoms with Gasteiger partial charge in [-0.2, -0.15) is 0 Å². The molecule has 0 spiro atoms. The van der Waals surface area contributed by atoms with Crippen LogP contribution in [-0.2, 0) is 16.4 Å². The van der Waals surface area contributed by atoms with Crippen LogP contribution < -0.4 is 10.5 Å². The van der Waals surface area contributed by atoms with Crippen LogP contribution in [0.2, 0.25) is 5.02 Å². The molecule has 0 radical (unpaired) electrons. The van der Waals surface area contributed by atoms with E-state index in [1.807, 2.05) is 0 Å². The zero-order valence-corrected chi connectivity index (χ0v) is 12.4. The maximum atomic E-state index is 11.5. The Hall–Kier alpha value is -1.56. The Balaban J connectivity index is 2.36. The molecule has 0 unspecified atom stereocenters. The number of rotatable bonds is 4. The number of hydrogen-bond acceptors (Lipinski definition) is 4. The standard InChI is InChI=1S/C14H14ClNO3S/c1-20(17,18)13-4-2-3-12(8-13)19-14-6-5-11(15)7-10(14)9-16/h2-8H,9,16H2,1H3. The zero-order chi connectivity index (χ0) is 14.8. The van der Waals surface area contributed by atoms with Crippen molar-refractivity contribution >= 4 is 21.4 Å². The number of sulfone groups is 1. The second-order valence-electron chi connectivity index (χ2n) is 4.31. The molecule has 0 atom stereocenters. The predicted molar refractivity (Wildman–Crippen MR) is 79.0 cm³/mol. The van der Waals surface area contributed by atoms with E-state index in [-0.39, 0.29) is 11.4 Å². The summed E-state index contributed by atoms with van der Waals surface area (Å²) in [6, 6.07) is 11.4. The fourth-order valence-corrected chi connectivity index (χ4v) is 2.55. The van der Waals surface area contributed by atoms with Crippen LogP contribution in [0.25, 0.3) is 0 Å². The molecule has 0 aliphatic carbocycles. The van der Waals surface area contributed by atoms with Gasteiger partial charge in [0.1, 0.15) is 11.5 Å². The highest BCUT2D eigenvalue weighted by molar-refractivity contribution is 7.90. The largest absolute Gasteiger partial charge is 0.457 e. The normalized spacial score (nSPS) is 11.3. The van der Waals surface area contributed by atoms with Crippen molar-refractivity contribution in [1.82, 2.24) is 0 Å². The van der Waals surface area contributed by atoms with Crippen LogP contribution in [0.15, 0.2) is 47.4 Å². The molecule has 0 aliphatic heterocycles. The first kappa shape index (κ1) is 14.8. The minimum absolute atomic E-state index is 0.207. The minimum atomic E-state index is -3.27. The van der Waals surface area contributed by atoms with Gasteiger partial charge in [-0.1, -0.05) is 17.7 Å². The molecule has 2 aromatic carbocycles. The summed E-state index contributed by atoms with van der Waals surface area (Å²) in [5.74, 6) is 0.993. The Labute approximate surface area is 123 Å². The molecule has 0 aliphatic rings. The van der Waals surface area contributed by atoms with E-state index in [1.165, 1.54) is 12.1 Å². The summed E-state index contributed by atoms with van der Waals surface area (Å²) in [6.45, 7) is 0.279. The van der Waals surface area contributed by atoms with E-state index >= 15 is 0 Å². The van der Waals surface area contributed by atoms with Gasteiger partial charge in [-0.3, -0.25) is 0 Å². The summed E-state index contributed by atoms with van der Waals surface area (Å²) in [6.07, 6.45) is 1.15. The van der Waals surface area contributed by atoms with Crippen molar-refractivity contribution in [3.63, 3.8) is 0 Å². The van der Waals surface area contributed by atoms with Gasteiger partial charge in [0, 0.05) is 23.4 Å². The molecule has 2 aromatic rings. The second kappa shape index (κ2) is 5.83. The van der Waals surface area contributed by atoms with Crippen molar-refractivity contribution in [3.05, 3.63) is 53.1 Å². The number of nitrogens with two attached hydrogens (primary N) is 1. The first-order chi connectivity index (χ1) is 9.40. The van der Waals surface area contributed by atoms with Crippen LogP contribution in [0.1, 0.15) is 5.56 Å². The van der Waals surface area contributed by atoms with Crippen molar-refractivity contribution < 1.29 is 13.2 Å². The quantitative estimate of drug-likeness (QED) is 0.942. The molecule has 0 aromatic heterocycles. The van der Waals surface area contributed by atoms with Gasteiger partial charge in [0.15, 0.2) is 9.84 Å². The Kier molecular flexibility index (Phi) is 4.32. The van der Waals surface area contributed by atoms with Gasteiger partial charge in [0.2, 0.25) is 0 Å². The highest BCUT2D eigenvalue weighted by Gasteiger charge is 2.10. The van der Waals surface area contributed by atoms with Crippen LogP contribution in [0.5, 0.6) is 11.5 Å². The van der Waals surface area contributed by atoms with Gasteiger partial charge < -0.3 is 10.5 Å². The first-order valence-electron chi connectivity index (χ1n) is 5.86. The summed E-state index contributed by atoms with van der Waals surface area (Å²) in [4.78, 5) is 0.207. The summed E-state index contributed by atoms with van der Waals surface area (Å²) in [7, 11) is -3.27. The maximum absolute atomic E-state index is 11.5. The third-order valence-electron chi connectivity index (χ3n) is 2.70. The molecule has 0 saturated heterocycles. The molecule has 106 valence electrons. The van der Waals surface area contributed by atoms with Crippen molar-refractivity contribution in [2.75, 3.05) is 6.26 Å². The molecule has 0 amide bonds. The van der Waals surface area contributed by atoms with Crippen LogP contribution in [0, 0.1) is 0 Å². The van der Waals surface area contributed by atoms with Gasteiger partial charge >= 0.3 is 0 Å². The molecular formula is C14H14ClNO3S. The lowest BCUT2D eigenvalue weighted by molar-refractivity contribution is 0.474. The Morgan fingerprint density at radius 3 is 2.60 bits per heavy atom. The monoisotopic (exact) mass is 311 g/mol. The fourth-order valence-electron chi connectivity index (χ4n) is 1.70. The number of halogens is 1. The number of benzene rings is 2. The number of hydrogen-bond donors (Lipinski definition) is 1. The van der Waals surface area contributed by atoms with E-state index in [1.54, 1.807) is 30.3 Å². The summed E-state index contributed by atoms with van der Waals surface area (Å²) in [5.41, 5.74) is 6.39. The Morgan fingerprint density at radius 2 is 1.95 bits per heavy atom. The van der Waals surface area contributed by atoms with Crippen molar-refractivity contribution in [1.29, 1.82) is 0 Å². The van der Waals surface area contributed by atoms with Gasteiger partial charge in [-0.25, -0.2) is 8.42 Å². The molecule has 0 heterocycles. The molecule has 2 rings (SSSR count). The van der Waals surface area contributed by atoms with E-state index < -0.39 is 9.84 Å². The maximum Gasteiger partial charge on any atom is 0.175 e. The van der Waals surface area contributed by atoms with Crippen molar-refractivity contribution in [3.8, 4) is 11.5 Å². The molecule has 0 saturated carbocycles. The summed E-state index contributed by atoms with van der Waals surface area (Å²) >= 11 is 5.89. The van der Waals surface area contributed by atoms with Gasteiger partial charge in [-0.15, -0.1) is 0 Å². The van der Waals surface area contributed by atoms with Crippen molar-refractivity contribution in [2.24, 2.45) is 5.73 Å². The van der Waals surface area contributed by atoms with E-state index in [0.717, 1.165) is 11.8 Å². The SMILES string of the molecule is CS(=O)(=O)c1cccc(Oc2ccc(Cl)cc2CN)c1. The van der Waals surface area contributed by atoms with Crippen LogP contribution >= 0.6 is 11.6 Å². The van der Waals surface area contributed by atoms with Crippen LogP contribution in [0.4, 0.5) is 0 Å². The second-order valence-corrected chi connectivity index (χ2v) is 6.76. The number of ether oxygens (including phenoxy) is 1. The first-order valence-corrected chi connectivity index (χ1v) is 8.13. The fraction of sp³-hybridized carbons (Fsp3) is 0.143. The third kappa shape index (κ3) is 3.50. The smallest absolute Gasteiger partial charge is 0.175 e. The third-order valence-corrected chi connectivity index (χ3v) is 4.05. The minimum Gasteiger partial charge on any atom is -0.457 e. The highest BCUT2D eigenvalue weighted by Crippen LogP contribution is 2.28. The lowest BCUT2D eigenvalue weighted by Crippen LogP contribution is -2.00. The summed E-state index contributed by atoms with van der Waals surface area (Å²) < 4.78 is 28.7. The average Bonchev–Trinajstić information content (AvgIpc) is 2.40. The van der Waals surface area contributed by atoms with Gasteiger partial charge in [0.05, 0.1) is 4.90 Å². The zero-order valence-electron chi connectivity index (χ0n) is 10.8. The lowest BCUT2D eigenvalue weighted by Gasteiger charge is -2.11. The highest BCUT2D eigenvalue weighted by atomic mass is 35.5. The topological polar surface area (TPSA) is 69.4 Å². The van der Waals surface area contributed by atoms with E-state index in [4.69, 9.17) is 22.1 Å². The molecular weight excluding hydrogens is 298 g/mol. The average molecular weight is 312 g/mol. The van der Waals surface area contributed by atoms with E-state index in [9.17, 15) is 8.42 Å². The van der Waals surface area contributed by atoms with Crippen LogP contribution in [0.3, 0.4) is 0 Å². The summed E-state index contributed by atoms with van der Waals surface area (Å²) in [5, 5.41) is 0.572. The predicted octanol–water partition coefficient (Wildman–Crippen LogP) is 2.99. The molecule has 0 fully saturated rings. The van der Waals surface area contributed by atoms with E-state index in [2.05, 4.69) is 0 Å². The van der Waals surface area contributed by atoms with Crippen molar-refractivity contribution in [2.45, 2.75) is 11.4 Å². The molecule has 4 nitrogen and oxygen atoms in total. The Morgan fingerprint density at radius 1 is 1.20 bits per heavy atom. The molecule has 20 heavy (non-hydrogen) atoms. The van der Waals surface area contributed by atoms with Gasteiger partial charge in [0.25, 0.3) is 0 Å². The lowest BCUT2D eigenvalue weighted by atomic mass is 10.2. The molecule has 0 bridgehead atoms. The van der Waals surface area contributed by atoms with Gasteiger partial charge in [-0.05, 0) is 36.4 Å². The van der Waals surface area contributed by atoms with Crippen LogP contribution in [-0.4, -0.2) is 14.7 Å². The Bertz CT molecular complexity index is 729. The van der Waals surface area contributed by atoms with E-state index in [0.29, 0.717) is 16.5 Å². The molecule has 2 N–H and O–H groups in total.